The van der Waals surface area contributed by atoms with Gasteiger partial charge < -0.3 is 4.74 Å². The molecule has 0 saturated carbocycles. The Morgan fingerprint density at radius 3 is 2.76 bits per heavy atom. The van der Waals surface area contributed by atoms with Gasteiger partial charge in [0.05, 0.1) is 13.2 Å². The Labute approximate surface area is 135 Å². The molecule has 2 atom stereocenters. The van der Waals surface area contributed by atoms with E-state index in [-0.39, 0.29) is 0 Å². The molecule has 2 fully saturated rings. The monoisotopic (exact) mass is 350 g/mol. The summed E-state index contributed by atoms with van der Waals surface area (Å²) in [6, 6.07) is 6.11. The van der Waals surface area contributed by atoms with Crippen molar-refractivity contribution in [3.05, 3.63) is 33.3 Å². The van der Waals surface area contributed by atoms with Gasteiger partial charge in [-0.25, -0.2) is 0 Å². The zero-order valence-electron chi connectivity index (χ0n) is 12.6. The summed E-state index contributed by atoms with van der Waals surface area (Å²) in [5.74, 6) is 0. The Kier molecular flexibility index (Phi) is 3.82. The molecule has 21 heavy (non-hydrogen) atoms. The van der Waals surface area contributed by atoms with Gasteiger partial charge >= 0.3 is 0 Å². The number of fused-ring (bicyclic) bond motifs is 3. The minimum atomic E-state index is 0.767. The maximum atomic E-state index is 5.70. The summed E-state index contributed by atoms with van der Waals surface area (Å²) in [5.41, 5.74) is 4.38. The largest absolute Gasteiger partial charge is 0.376 e. The fraction of sp³-hybridized carbons (Fsp3) is 0.647. The lowest BCUT2D eigenvalue weighted by Gasteiger charge is -2.39. The molecule has 0 N–H and O–H groups in total. The minimum absolute atomic E-state index is 0.767. The second-order valence-corrected chi connectivity index (χ2v) is 7.67. The molecule has 0 aliphatic carbocycles. The van der Waals surface area contributed by atoms with Crippen molar-refractivity contribution in [1.82, 2.24) is 9.80 Å². The van der Waals surface area contributed by atoms with Crippen LogP contribution in [0.1, 0.15) is 29.5 Å². The van der Waals surface area contributed by atoms with Gasteiger partial charge in [-0.05, 0) is 55.1 Å². The van der Waals surface area contributed by atoms with E-state index in [1.807, 2.05) is 0 Å². The first-order chi connectivity index (χ1) is 10.2. The molecule has 0 aromatic heterocycles. The summed E-state index contributed by atoms with van der Waals surface area (Å²) in [6.45, 7) is 5.16. The van der Waals surface area contributed by atoms with Crippen molar-refractivity contribution in [3.8, 4) is 0 Å². The van der Waals surface area contributed by atoms with Crippen LogP contribution in [-0.2, 0) is 24.3 Å². The van der Waals surface area contributed by atoms with Crippen molar-refractivity contribution < 1.29 is 4.74 Å². The van der Waals surface area contributed by atoms with E-state index in [1.165, 1.54) is 47.1 Å². The highest BCUT2D eigenvalue weighted by Gasteiger charge is 2.37. The van der Waals surface area contributed by atoms with Crippen molar-refractivity contribution in [2.45, 2.75) is 44.5 Å². The topological polar surface area (TPSA) is 15.7 Å². The number of likely N-dealkylation sites (tertiary alicyclic amines) is 1. The average Bonchev–Trinajstić information content (AvgIpc) is 2.70. The molecule has 3 heterocycles. The number of rotatable bonds is 2. The van der Waals surface area contributed by atoms with E-state index in [0.717, 1.165) is 38.3 Å². The number of halogens is 1. The Morgan fingerprint density at radius 2 is 2.00 bits per heavy atom. The van der Waals surface area contributed by atoms with Crippen molar-refractivity contribution in [2.24, 2.45) is 0 Å². The van der Waals surface area contributed by atoms with E-state index in [2.05, 4.69) is 44.9 Å². The summed E-state index contributed by atoms with van der Waals surface area (Å²) in [7, 11) is 2.30. The Hall–Kier alpha value is -0.420. The zero-order chi connectivity index (χ0) is 14.4. The van der Waals surface area contributed by atoms with Crippen molar-refractivity contribution >= 4 is 15.9 Å². The molecule has 3 aliphatic rings. The van der Waals surface area contributed by atoms with E-state index in [0.29, 0.717) is 0 Å². The number of hydrogen-bond donors (Lipinski definition) is 0. The number of benzene rings is 1. The van der Waals surface area contributed by atoms with Gasteiger partial charge in [0, 0.05) is 36.2 Å². The summed E-state index contributed by atoms with van der Waals surface area (Å²) in [5, 5.41) is 0. The van der Waals surface area contributed by atoms with Crippen LogP contribution in [0.25, 0.3) is 0 Å². The van der Waals surface area contributed by atoms with Crippen LogP contribution in [0.5, 0.6) is 0 Å². The van der Waals surface area contributed by atoms with Gasteiger partial charge in [-0.2, -0.15) is 0 Å². The number of nitrogens with zero attached hydrogens (tertiary/aromatic N) is 2. The smallest absolute Gasteiger partial charge is 0.0722 e. The van der Waals surface area contributed by atoms with Crippen molar-refractivity contribution in [1.29, 1.82) is 0 Å². The van der Waals surface area contributed by atoms with Crippen LogP contribution in [0.3, 0.4) is 0 Å². The minimum Gasteiger partial charge on any atom is -0.376 e. The first kappa shape index (κ1) is 14.2. The highest BCUT2D eigenvalue weighted by molar-refractivity contribution is 9.10. The van der Waals surface area contributed by atoms with Crippen LogP contribution < -0.4 is 0 Å². The molecule has 2 unspecified atom stereocenters. The van der Waals surface area contributed by atoms with Crippen LogP contribution in [-0.4, -0.2) is 48.6 Å². The Balaban J connectivity index is 1.56. The molecule has 0 amide bonds. The van der Waals surface area contributed by atoms with E-state index in [9.17, 15) is 0 Å². The summed E-state index contributed by atoms with van der Waals surface area (Å²) < 4.78 is 6.91. The molecule has 4 rings (SSSR count). The second-order valence-electron chi connectivity index (χ2n) is 6.75. The maximum absolute atomic E-state index is 5.70. The first-order valence-electron chi connectivity index (χ1n) is 8.03. The molecule has 2 saturated heterocycles. The molecule has 1 aromatic carbocycles. The molecule has 1 aromatic rings. The highest BCUT2D eigenvalue weighted by Crippen LogP contribution is 2.31. The quantitative estimate of drug-likeness (QED) is 0.815. The molecule has 3 aliphatic heterocycles. The summed E-state index contributed by atoms with van der Waals surface area (Å²) in [4.78, 5) is 5.25. The molecule has 0 spiro atoms. The molecule has 114 valence electrons. The number of ether oxygens (including phenoxy) is 1. The maximum Gasteiger partial charge on any atom is 0.0722 e. The van der Waals surface area contributed by atoms with Crippen LogP contribution in [0, 0.1) is 0 Å². The van der Waals surface area contributed by atoms with Crippen LogP contribution in [0.2, 0.25) is 0 Å². The van der Waals surface area contributed by atoms with Gasteiger partial charge in [0.25, 0.3) is 0 Å². The molecular weight excluding hydrogens is 328 g/mol. The lowest BCUT2D eigenvalue weighted by atomic mass is 9.97. The van der Waals surface area contributed by atoms with Crippen LogP contribution in [0.4, 0.5) is 0 Å². The first-order valence-corrected chi connectivity index (χ1v) is 8.82. The number of hydrogen-bond acceptors (Lipinski definition) is 3. The summed E-state index contributed by atoms with van der Waals surface area (Å²) >= 11 is 3.68. The van der Waals surface area contributed by atoms with Gasteiger partial charge in [-0.3, -0.25) is 9.80 Å². The van der Waals surface area contributed by atoms with Gasteiger partial charge in [-0.1, -0.05) is 15.9 Å². The van der Waals surface area contributed by atoms with Gasteiger partial charge in [-0.15, -0.1) is 0 Å². The van der Waals surface area contributed by atoms with Gasteiger partial charge in [0.1, 0.15) is 0 Å². The molecule has 3 nitrogen and oxygen atoms in total. The third kappa shape index (κ3) is 2.67. The molecular formula is C17H23BrN2O. The third-order valence-electron chi connectivity index (χ3n) is 5.48. The molecule has 4 heteroatoms. The second kappa shape index (κ2) is 5.65. The SMILES string of the molecule is CN1C2CCC1CN(Cc1cc(Br)cc3c1COCC3)C2. The van der Waals surface area contributed by atoms with Crippen molar-refractivity contribution in [2.75, 3.05) is 26.7 Å². The van der Waals surface area contributed by atoms with E-state index in [1.54, 1.807) is 0 Å². The van der Waals surface area contributed by atoms with Crippen molar-refractivity contribution in [3.63, 3.8) is 0 Å². The lowest BCUT2D eigenvalue weighted by Crippen LogP contribution is -2.51. The Bertz CT molecular complexity index is 534. The predicted molar refractivity (Wildman–Crippen MR) is 87.4 cm³/mol. The van der Waals surface area contributed by atoms with Crippen LogP contribution in [0.15, 0.2) is 16.6 Å². The van der Waals surface area contributed by atoms with E-state index in [4.69, 9.17) is 4.74 Å². The lowest BCUT2D eigenvalue weighted by molar-refractivity contribution is 0.0810. The summed E-state index contributed by atoms with van der Waals surface area (Å²) in [6.07, 6.45) is 3.80. The average molecular weight is 351 g/mol. The third-order valence-corrected chi connectivity index (χ3v) is 5.94. The molecule has 2 bridgehead atoms. The number of likely N-dealkylation sites (N-methyl/N-ethyl adjacent to an activating group) is 1. The normalized spacial score (nSPS) is 29.6. The van der Waals surface area contributed by atoms with E-state index >= 15 is 0 Å². The predicted octanol–water partition coefficient (Wildman–Crippen LogP) is 2.80. The standard InChI is InChI=1S/C17H23BrN2O/c1-19-15-2-3-16(19)10-20(9-15)8-13-7-14(18)6-12-4-5-21-11-17(12)13/h6-7,15-16H,2-5,8-11H2,1H3. The van der Waals surface area contributed by atoms with Gasteiger partial charge in [0.15, 0.2) is 0 Å². The molecule has 0 radical (unpaired) electrons. The van der Waals surface area contributed by atoms with Crippen LogP contribution >= 0.6 is 15.9 Å². The Morgan fingerprint density at radius 1 is 1.24 bits per heavy atom. The fourth-order valence-electron chi connectivity index (χ4n) is 4.23. The fourth-order valence-corrected chi connectivity index (χ4v) is 4.78. The highest BCUT2D eigenvalue weighted by atomic mass is 79.9. The number of piperazine rings is 1. The van der Waals surface area contributed by atoms with Gasteiger partial charge in [0.2, 0.25) is 0 Å². The van der Waals surface area contributed by atoms with E-state index < -0.39 is 0 Å². The zero-order valence-corrected chi connectivity index (χ0v) is 14.2.